The first-order valence-corrected chi connectivity index (χ1v) is 12.4. The van der Waals surface area contributed by atoms with Crippen LogP contribution in [0.2, 0.25) is 0 Å². The molecule has 7 heteroatoms. The number of rotatable bonds is 8. The highest BCUT2D eigenvalue weighted by atomic mass is 19.1. The standard InChI is InChI=1S/C29H29FN2O4/c30-22-11-12-24(25(33)17-22)26(34)18-32-15-13-20(14-16-32)27(19-32)36-29(35)28(21-7-3-1-4-8-21)31-23-9-5-2-6-10-23/h1-12,17,20,27-28,31H,13-16,18-19H2/p+1. The number of phenolic OH excluding ortho intramolecular Hbond substituents is 1. The second-order valence-corrected chi connectivity index (χ2v) is 9.88. The molecule has 0 amide bonds. The van der Waals surface area contributed by atoms with Gasteiger partial charge in [-0.15, -0.1) is 0 Å². The molecule has 3 heterocycles. The highest BCUT2D eigenvalue weighted by Crippen LogP contribution is 2.37. The van der Waals surface area contributed by atoms with Crippen molar-refractivity contribution in [2.45, 2.75) is 25.0 Å². The number of hydrogen-bond donors (Lipinski definition) is 2. The minimum absolute atomic E-state index is 0.126. The van der Waals surface area contributed by atoms with E-state index in [0.717, 1.165) is 43.2 Å². The molecule has 0 aliphatic carbocycles. The molecule has 36 heavy (non-hydrogen) atoms. The first-order chi connectivity index (χ1) is 17.4. The summed E-state index contributed by atoms with van der Waals surface area (Å²) in [5.41, 5.74) is 1.77. The van der Waals surface area contributed by atoms with E-state index in [2.05, 4.69) is 5.32 Å². The molecule has 3 aromatic rings. The number of phenols is 1. The third kappa shape index (κ3) is 5.11. The van der Waals surface area contributed by atoms with E-state index in [1.807, 2.05) is 60.7 Å². The van der Waals surface area contributed by atoms with Crippen molar-refractivity contribution in [1.29, 1.82) is 0 Å². The molecule has 2 unspecified atom stereocenters. The van der Waals surface area contributed by atoms with Crippen LogP contribution in [0.4, 0.5) is 10.1 Å². The number of carbonyl (C=O) groups excluding carboxylic acids is 2. The molecule has 2 atom stereocenters. The second-order valence-electron chi connectivity index (χ2n) is 9.88. The lowest BCUT2D eigenvalue weighted by Gasteiger charge is -2.51. The molecule has 0 radical (unpaired) electrons. The highest BCUT2D eigenvalue weighted by molar-refractivity contribution is 5.99. The van der Waals surface area contributed by atoms with Crippen LogP contribution in [0, 0.1) is 11.7 Å². The van der Waals surface area contributed by atoms with Crippen LogP contribution in [0.15, 0.2) is 78.9 Å². The van der Waals surface area contributed by atoms with Gasteiger partial charge in [-0.2, -0.15) is 0 Å². The summed E-state index contributed by atoms with van der Waals surface area (Å²) in [5.74, 6) is -1.24. The van der Waals surface area contributed by atoms with Crippen molar-refractivity contribution in [3.05, 3.63) is 95.8 Å². The van der Waals surface area contributed by atoms with Gasteiger partial charge in [0.15, 0.2) is 12.1 Å². The molecular weight excluding hydrogens is 459 g/mol. The number of anilines is 1. The fraction of sp³-hybridized carbons (Fsp3) is 0.310. The largest absolute Gasteiger partial charge is 0.507 e. The number of halogens is 1. The molecular formula is C29H30FN2O4+. The summed E-state index contributed by atoms with van der Waals surface area (Å²) < 4.78 is 20.0. The van der Waals surface area contributed by atoms with Crippen LogP contribution in [0.3, 0.4) is 0 Å². The number of quaternary nitrogens is 1. The predicted octanol–water partition coefficient (Wildman–Crippen LogP) is 4.72. The third-order valence-corrected chi connectivity index (χ3v) is 7.50. The van der Waals surface area contributed by atoms with Crippen molar-refractivity contribution in [1.82, 2.24) is 0 Å². The van der Waals surface area contributed by atoms with Crippen LogP contribution in [0.1, 0.15) is 34.8 Å². The molecule has 6 rings (SSSR count). The Bertz CT molecular complexity index is 1230. The Morgan fingerprint density at radius 3 is 2.33 bits per heavy atom. The van der Waals surface area contributed by atoms with Gasteiger partial charge in [-0.05, 0) is 29.8 Å². The van der Waals surface area contributed by atoms with E-state index >= 15 is 0 Å². The number of ketones is 1. The molecule has 0 aromatic heterocycles. The Balaban J connectivity index is 1.31. The number of aromatic hydroxyl groups is 1. The zero-order valence-corrected chi connectivity index (χ0v) is 20.0. The topological polar surface area (TPSA) is 75.6 Å². The number of piperidine rings is 3. The molecule has 2 bridgehead atoms. The quantitative estimate of drug-likeness (QED) is 0.272. The summed E-state index contributed by atoms with van der Waals surface area (Å²) in [5, 5.41) is 13.4. The molecule has 2 N–H and O–H groups in total. The Morgan fingerprint density at radius 1 is 1.00 bits per heavy atom. The minimum Gasteiger partial charge on any atom is -0.507 e. The molecule has 3 aliphatic heterocycles. The Kier molecular flexibility index (Phi) is 6.74. The maximum Gasteiger partial charge on any atom is 0.333 e. The van der Waals surface area contributed by atoms with Crippen molar-refractivity contribution in [3.63, 3.8) is 0 Å². The van der Waals surface area contributed by atoms with Crippen molar-refractivity contribution in [2.75, 3.05) is 31.5 Å². The SMILES string of the molecule is O=C(C[N+]12CCC(CC1)C(OC(=O)C(Nc1ccccc1)c1ccccc1)C2)c1ccc(F)cc1O. The number of ether oxygens (including phenoxy) is 1. The molecule has 3 saturated heterocycles. The number of para-hydroxylation sites is 1. The van der Waals surface area contributed by atoms with E-state index in [9.17, 15) is 19.1 Å². The Hall–Kier alpha value is -3.71. The zero-order valence-electron chi connectivity index (χ0n) is 20.0. The van der Waals surface area contributed by atoms with Gasteiger partial charge in [0, 0.05) is 30.5 Å². The van der Waals surface area contributed by atoms with Crippen molar-refractivity contribution in [2.24, 2.45) is 5.92 Å². The maximum absolute atomic E-state index is 13.5. The van der Waals surface area contributed by atoms with Gasteiger partial charge in [0.1, 0.15) is 24.7 Å². The van der Waals surface area contributed by atoms with E-state index in [1.54, 1.807) is 0 Å². The third-order valence-electron chi connectivity index (χ3n) is 7.50. The van der Waals surface area contributed by atoms with Gasteiger partial charge in [0.05, 0.1) is 18.7 Å². The summed E-state index contributed by atoms with van der Waals surface area (Å²) in [6, 6.07) is 21.9. The monoisotopic (exact) mass is 489 g/mol. The van der Waals surface area contributed by atoms with E-state index < -0.39 is 11.9 Å². The summed E-state index contributed by atoms with van der Waals surface area (Å²) in [7, 11) is 0. The number of esters is 1. The number of hydrogen-bond acceptors (Lipinski definition) is 5. The lowest BCUT2D eigenvalue weighted by atomic mass is 9.82. The van der Waals surface area contributed by atoms with E-state index in [1.165, 1.54) is 12.1 Å². The average molecular weight is 490 g/mol. The molecule has 0 saturated carbocycles. The van der Waals surface area contributed by atoms with Crippen LogP contribution in [0.5, 0.6) is 5.75 Å². The van der Waals surface area contributed by atoms with E-state index in [-0.39, 0.29) is 41.6 Å². The number of benzene rings is 3. The normalized spacial score (nSPS) is 23.6. The molecule has 3 aliphatic rings. The number of carbonyl (C=O) groups is 2. The number of fused-ring (bicyclic) bond motifs is 3. The predicted molar refractivity (Wildman–Crippen MR) is 134 cm³/mol. The summed E-state index contributed by atoms with van der Waals surface area (Å²) >= 11 is 0. The lowest BCUT2D eigenvalue weighted by Crippen LogP contribution is -2.65. The van der Waals surface area contributed by atoms with Crippen LogP contribution >= 0.6 is 0 Å². The average Bonchev–Trinajstić information content (AvgIpc) is 2.88. The van der Waals surface area contributed by atoms with Crippen LogP contribution in [-0.4, -0.2) is 53.6 Å². The molecule has 0 spiro atoms. The highest BCUT2D eigenvalue weighted by Gasteiger charge is 2.49. The maximum atomic E-state index is 13.5. The lowest BCUT2D eigenvalue weighted by molar-refractivity contribution is -0.938. The fourth-order valence-electron chi connectivity index (χ4n) is 5.55. The van der Waals surface area contributed by atoms with Gasteiger partial charge in [0.2, 0.25) is 5.78 Å². The van der Waals surface area contributed by atoms with Crippen molar-refractivity contribution < 1.29 is 28.3 Å². The van der Waals surface area contributed by atoms with E-state index in [4.69, 9.17) is 4.74 Å². The van der Waals surface area contributed by atoms with Gasteiger partial charge < -0.3 is 19.6 Å². The fourth-order valence-corrected chi connectivity index (χ4v) is 5.55. The smallest absolute Gasteiger partial charge is 0.333 e. The van der Waals surface area contributed by atoms with E-state index in [0.29, 0.717) is 11.0 Å². The summed E-state index contributed by atoms with van der Waals surface area (Å²) in [4.78, 5) is 26.5. The first kappa shape index (κ1) is 24.0. The van der Waals surface area contributed by atoms with Crippen molar-refractivity contribution in [3.8, 4) is 5.75 Å². The molecule has 186 valence electrons. The van der Waals surface area contributed by atoms with Gasteiger partial charge in [-0.1, -0.05) is 48.5 Å². The van der Waals surface area contributed by atoms with Crippen LogP contribution < -0.4 is 5.32 Å². The summed E-state index contributed by atoms with van der Waals surface area (Å²) in [6.45, 7) is 2.37. The molecule has 3 fully saturated rings. The van der Waals surface area contributed by atoms with Gasteiger partial charge >= 0.3 is 5.97 Å². The van der Waals surface area contributed by atoms with Crippen LogP contribution in [0.25, 0.3) is 0 Å². The zero-order chi connectivity index (χ0) is 25.1. The number of Topliss-reactive ketones (excluding diaryl/α,β-unsaturated/α-hetero) is 1. The number of nitrogens with zero attached hydrogens (tertiary/aromatic N) is 1. The van der Waals surface area contributed by atoms with Crippen molar-refractivity contribution >= 4 is 17.4 Å². The molecule has 6 nitrogen and oxygen atoms in total. The van der Waals surface area contributed by atoms with Gasteiger partial charge in [0.25, 0.3) is 0 Å². The van der Waals surface area contributed by atoms with Crippen LogP contribution in [-0.2, 0) is 9.53 Å². The Labute approximate surface area is 209 Å². The summed E-state index contributed by atoms with van der Waals surface area (Å²) in [6.07, 6.45) is 1.43. The Morgan fingerprint density at radius 2 is 1.67 bits per heavy atom. The number of nitrogens with one attached hydrogen (secondary N) is 1. The van der Waals surface area contributed by atoms with Gasteiger partial charge in [-0.25, -0.2) is 9.18 Å². The minimum atomic E-state index is -0.657. The van der Waals surface area contributed by atoms with Gasteiger partial charge in [-0.3, -0.25) is 4.79 Å². The first-order valence-electron chi connectivity index (χ1n) is 12.4. The molecule has 3 aromatic carbocycles. The second kappa shape index (κ2) is 10.1.